The molecule has 2 aromatic heterocycles. The summed E-state index contributed by atoms with van der Waals surface area (Å²) < 4.78 is 5.60. The number of H-pyrrole nitrogens is 1. The first-order valence-corrected chi connectivity index (χ1v) is 11.3. The second kappa shape index (κ2) is 8.20. The van der Waals surface area contributed by atoms with Crippen LogP contribution in [0.2, 0.25) is 0 Å². The minimum absolute atomic E-state index is 0.228. The van der Waals surface area contributed by atoms with E-state index in [1.54, 1.807) is 11.0 Å². The van der Waals surface area contributed by atoms with E-state index < -0.39 is 6.09 Å². The van der Waals surface area contributed by atoms with Crippen molar-refractivity contribution in [2.75, 3.05) is 6.54 Å². The van der Waals surface area contributed by atoms with Gasteiger partial charge < -0.3 is 9.72 Å². The number of hydrogen-bond acceptors (Lipinski definition) is 6. The third-order valence-electron chi connectivity index (χ3n) is 5.54. The molecule has 1 aliphatic rings. The lowest BCUT2D eigenvalue weighted by atomic mass is 10.1. The normalized spacial score (nSPS) is 15.9. The van der Waals surface area contributed by atoms with Gasteiger partial charge in [-0.15, -0.1) is 0 Å². The number of aromatic amines is 1. The number of nitrogens with one attached hydrogen (secondary N) is 1. The fraction of sp³-hybridized carbons (Fsp3) is 0.250. The van der Waals surface area contributed by atoms with E-state index in [9.17, 15) is 9.59 Å². The van der Waals surface area contributed by atoms with Crippen LogP contribution in [-0.2, 0) is 0 Å². The predicted octanol–water partition coefficient (Wildman–Crippen LogP) is 5.00. The average Bonchev–Trinajstić information content (AvgIpc) is 3.41. The van der Waals surface area contributed by atoms with Crippen LogP contribution in [-0.4, -0.2) is 32.5 Å². The van der Waals surface area contributed by atoms with E-state index in [1.165, 1.54) is 11.3 Å². The van der Waals surface area contributed by atoms with Crippen LogP contribution in [0, 0.1) is 13.8 Å². The van der Waals surface area contributed by atoms with Crippen molar-refractivity contribution in [1.82, 2.24) is 19.9 Å². The number of carbonyl (C=O) groups excluding carboxylic acids is 1. The van der Waals surface area contributed by atoms with E-state index in [1.807, 2.05) is 56.3 Å². The number of aryl methyl sites for hydroxylation is 2. The summed E-state index contributed by atoms with van der Waals surface area (Å²) in [5.74, 6) is 1.04. The minimum atomic E-state index is -0.403. The van der Waals surface area contributed by atoms with E-state index in [-0.39, 0.29) is 11.6 Å². The molecule has 0 radical (unpaired) electrons. The van der Waals surface area contributed by atoms with E-state index >= 15 is 0 Å². The maximum Gasteiger partial charge on any atom is 0.415 e. The molecule has 1 aliphatic heterocycles. The summed E-state index contributed by atoms with van der Waals surface area (Å²) in [7, 11) is 0. The van der Waals surface area contributed by atoms with Crippen molar-refractivity contribution < 1.29 is 9.53 Å². The Hall–Kier alpha value is -3.52. The molecule has 1 saturated heterocycles. The molecule has 3 heterocycles. The average molecular weight is 447 g/mol. The highest BCUT2D eigenvalue weighted by Gasteiger charge is 2.34. The molecule has 162 valence electrons. The van der Waals surface area contributed by atoms with Crippen LogP contribution < -0.4 is 10.3 Å². The summed E-state index contributed by atoms with van der Waals surface area (Å²) in [6.07, 6.45) is 1.22. The zero-order chi connectivity index (χ0) is 22.2. The van der Waals surface area contributed by atoms with Gasteiger partial charge in [0.1, 0.15) is 16.6 Å². The lowest BCUT2D eigenvalue weighted by Gasteiger charge is -2.22. The van der Waals surface area contributed by atoms with Crippen LogP contribution in [0.5, 0.6) is 5.75 Å². The van der Waals surface area contributed by atoms with Crippen LogP contribution in [0.15, 0.2) is 53.3 Å². The quantitative estimate of drug-likeness (QED) is 0.478. The zero-order valence-corrected chi connectivity index (χ0v) is 18.6. The molecule has 0 unspecified atom stereocenters. The second-order valence-corrected chi connectivity index (χ2v) is 9.03. The minimum Gasteiger partial charge on any atom is -0.410 e. The fourth-order valence-corrected chi connectivity index (χ4v) is 5.09. The molecule has 32 heavy (non-hydrogen) atoms. The Bertz CT molecular complexity index is 1380. The summed E-state index contributed by atoms with van der Waals surface area (Å²) in [6, 6.07) is 15.0. The van der Waals surface area contributed by atoms with Crippen LogP contribution in [0.4, 0.5) is 4.79 Å². The number of thiazole rings is 1. The number of fused-ring (bicyclic) bond motifs is 1. The van der Waals surface area contributed by atoms with E-state index in [0.29, 0.717) is 33.5 Å². The zero-order valence-electron chi connectivity index (χ0n) is 17.8. The van der Waals surface area contributed by atoms with Crippen molar-refractivity contribution in [1.29, 1.82) is 0 Å². The SMILES string of the molecule is Cc1cccc(OC(=O)N2CCC[C@@H]2c2nc3c(=O)[nH]c(-c4cccc(C)c4)nc3s2)c1. The van der Waals surface area contributed by atoms with Gasteiger partial charge in [-0.3, -0.25) is 9.69 Å². The van der Waals surface area contributed by atoms with Gasteiger partial charge in [-0.2, -0.15) is 0 Å². The van der Waals surface area contributed by atoms with Gasteiger partial charge in [-0.25, -0.2) is 14.8 Å². The Morgan fingerprint density at radius 1 is 1.12 bits per heavy atom. The number of amides is 1. The molecule has 1 atom stereocenters. The number of aromatic nitrogens is 3. The molecule has 0 aliphatic carbocycles. The lowest BCUT2D eigenvalue weighted by Crippen LogP contribution is -2.33. The van der Waals surface area contributed by atoms with Crippen LogP contribution in [0.25, 0.3) is 21.7 Å². The highest BCUT2D eigenvalue weighted by atomic mass is 32.1. The van der Waals surface area contributed by atoms with Gasteiger partial charge in [0.15, 0.2) is 10.3 Å². The number of likely N-dealkylation sites (tertiary alicyclic amines) is 1. The van der Waals surface area contributed by atoms with Crippen LogP contribution >= 0.6 is 11.3 Å². The molecular weight excluding hydrogens is 424 g/mol. The molecule has 1 N–H and O–H groups in total. The number of benzene rings is 2. The third-order valence-corrected chi connectivity index (χ3v) is 6.60. The number of rotatable bonds is 3. The Kier molecular flexibility index (Phi) is 5.22. The molecule has 1 amide bonds. The monoisotopic (exact) mass is 446 g/mol. The van der Waals surface area contributed by atoms with Crippen molar-refractivity contribution in [3.05, 3.63) is 75.0 Å². The van der Waals surface area contributed by atoms with Gasteiger partial charge >= 0.3 is 6.09 Å². The maximum atomic E-state index is 12.9. The van der Waals surface area contributed by atoms with E-state index in [4.69, 9.17) is 4.74 Å². The number of ether oxygens (including phenoxy) is 1. The summed E-state index contributed by atoms with van der Waals surface area (Å²) in [5, 5.41) is 0.707. The van der Waals surface area contributed by atoms with Crippen molar-refractivity contribution in [3.8, 4) is 17.1 Å². The first-order chi connectivity index (χ1) is 15.5. The van der Waals surface area contributed by atoms with Crippen molar-refractivity contribution in [2.45, 2.75) is 32.7 Å². The fourth-order valence-electron chi connectivity index (χ4n) is 4.00. The molecule has 5 rings (SSSR count). The van der Waals surface area contributed by atoms with Crippen molar-refractivity contribution in [3.63, 3.8) is 0 Å². The maximum absolute atomic E-state index is 12.9. The smallest absolute Gasteiger partial charge is 0.410 e. The molecule has 1 fully saturated rings. The molecule has 2 aromatic carbocycles. The number of hydrogen-bond donors (Lipinski definition) is 1. The molecule has 8 heteroatoms. The Morgan fingerprint density at radius 2 is 1.91 bits per heavy atom. The van der Waals surface area contributed by atoms with Crippen molar-refractivity contribution in [2.24, 2.45) is 0 Å². The van der Waals surface area contributed by atoms with Gasteiger partial charge in [-0.05, 0) is 50.5 Å². The van der Waals surface area contributed by atoms with Gasteiger partial charge in [0.25, 0.3) is 5.56 Å². The molecule has 4 aromatic rings. The highest BCUT2D eigenvalue weighted by Crippen LogP contribution is 2.36. The Labute approximate surface area is 188 Å². The molecule has 0 bridgehead atoms. The molecular formula is C24H22N4O3S. The first kappa shape index (κ1) is 20.4. The standard InChI is InChI=1S/C24H22N4O3S/c1-14-6-3-8-16(12-14)20-26-21(29)19-23(27-20)32-22(25-19)18-10-5-11-28(18)24(30)31-17-9-4-7-15(2)13-17/h3-4,6-9,12-13,18H,5,10-11H2,1-2H3,(H,26,27,29)/t18-/m1/s1. The summed E-state index contributed by atoms with van der Waals surface area (Å²) >= 11 is 1.36. The predicted molar refractivity (Wildman–Crippen MR) is 124 cm³/mol. The van der Waals surface area contributed by atoms with Crippen LogP contribution in [0.1, 0.15) is 35.0 Å². The van der Waals surface area contributed by atoms with Gasteiger partial charge in [-0.1, -0.05) is 47.2 Å². The topological polar surface area (TPSA) is 88.2 Å². The Balaban J connectivity index is 1.45. The van der Waals surface area contributed by atoms with E-state index in [0.717, 1.165) is 29.5 Å². The lowest BCUT2D eigenvalue weighted by molar-refractivity contribution is 0.147. The summed E-state index contributed by atoms with van der Waals surface area (Å²) in [6.45, 7) is 4.53. The van der Waals surface area contributed by atoms with E-state index in [2.05, 4.69) is 15.0 Å². The summed E-state index contributed by atoms with van der Waals surface area (Å²) in [4.78, 5) is 39.9. The highest BCUT2D eigenvalue weighted by molar-refractivity contribution is 7.18. The van der Waals surface area contributed by atoms with Crippen LogP contribution in [0.3, 0.4) is 0 Å². The molecule has 0 saturated carbocycles. The molecule has 7 nitrogen and oxygen atoms in total. The van der Waals surface area contributed by atoms with Gasteiger partial charge in [0.2, 0.25) is 0 Å². The first-order valence-electron chi connectivity index (χ1n) is 10.5. The molecule has 0 spiro atoms. The third kappa shape index (κ3) is 3.89. The van der Waals surface area contributed by atoms with Gasteiger partial charge in [0, 0.05) is 12.1 Å². The van der Waals surface area contributed by atoms with Crippen molar-refractivity contribution >= 4 is 27.8 Å². The van der Waals surface area contributed by atoms with Gasteiger partial charge in [0.05, 0.1) is 6.04 Å². The largest absolute Gasteiger partial charge is 0.415 e. The number of nitrogens with zero attached hydrogens (tertiary/aromatic N) is 3. The summed E-state index contributed by atoms with van der Waals surface area (Å²) in [5.41, 5.74) is 2.99. The number of carbonyl (C=O) groups is 1. The Morgan fingerprint density at radius 3 is 2.69 bits per heavy atom. The second-order valence-electron chi connectivity index (χ2n) is 8.03.